The number of rotatable bonds is 2. The van der Waals surface area contributed by atoms with Crippen molar-refractivity contribution in [3.05, 3.63) is 23.9 Å². The monoisotopic (exact) mass is 313 g/mol. The van der Waals surface area contributed by atoms with Gasteiger partial charge in [-0.25, -0.2) is 4.79 Å². The van der Waals surface area contributed by atoms with E-state index in [-0.39, 0.29) is 11.1 Å². The van der Waals surface area contributed by atoms with Gasteiger partial charge in [-0.3, -0.25) is 4.57 Å². The second-order valence-corrected chi connectivity index (χ2v) is 5.85. The van der Waals surface area contributed by atoms with Gasteiger partial charge >= 0.3 is 12.7 Å². The van der Waals surface area contributed by atoms with Crippen LogP contribution in [0.15, 0.2) is 18.3 Å². The highest BCUT2D eigenvalue weighted by atomic mass is 19.3. The summed E-state index contributed by atoms with van der Waals surface area (Å²) in [6.07, 6.45) is 0.796. The Labute approximate surface area is 126 Å². The highest BCUT2D eigenvalue weighted by molar-refractivity contribution is 5.96. The first-order chi connectivity index (χ1) is 10.1. The lowest BCUT2D eigenvalue weighted by molar-refractivity contribution is -0.0511. The zero-order valence-electron chi connectivity index (χ0n) is 12.7. The van der Waals surface area contributed by atoms with Crippen molar-refractivity contribution in [1.29, 1.82) is 0 Å². The number of nitrogens with zero attached hydrogens (tertiary/aromatic N) is 1. The fourth-order valence-corrected chi connectivity index (χ4v) is 2.14. The molecule has 0 amide bonds. The van der Waals surface area contributed by atoms with Crippen molar-refractivity contribution in [2.75, 3.05) is 0 Å². The van der Waals surface area contributed by atoms with Gasteiger partial charge < -0.3 is 14.6 Å². The molecule has 0 aliphatic carbocycles. The molecule has 0 aliphatic rings. The summed E-state index contributed by atoms with van der Waals surface area (Å²) in [5.41, 5.74) is 0.204. The second-order valence-electron chi connectivity index (χ2n) is 5.85. The van der Waals surface area contributed by atoms with Crippen LogP contribution in [0.4, 0.5) is 13.6 Å². The van der Waals surface area contributed by atoms with Crippen LogP contribution in [-0.4, -0.2) is 28.0 Å². The number of aromatic nitrogens is 1. The SMILES string of the molecule is Cc1cc(OC(F)F)c(O)c2ccn(C(=O)OC(C)(C)C)c12. The molecular weight excluding hydrogens is 296 g/mol. The highest BCUT2D eigenvalue weighted by Gasteiger charge is 2.22. The van der Waals surface area contributed by atoms with Gasteiger partial charge in [0.1, 0.15) is 5.60 Å². The third-order valence-corrected chi connectivity index (χ3v) is 2.90. The van der Waals surface area contributed by atoms with Gasteiger partial charge in [0, 0.05) is 11.6 Å². The summed E-state index contributed by atoms with van der Waals surface area (Å²) in [6.45, 7) is 3.78. The fourth-order valence-electron chi connectivity index (χ4n) is 2.14. The largest absolute Gasteiger partial charge is 0.504 e. The molecule has 0 bridgehead atoms. The molecule has 120 valence electrons. The predicted molar refractivity (Wildman–Crippen MR) is 76.6 cm³/mol. The van der Waals surface area contributed by atoms with Crippen molar-refractivity contribution >= 4 is 17.0 Å². The van der Waals surface area contributed by atoms with Crippen molar-refractivity contribution < 1.29 is 28.2 Å². The van der Waals surface area contributed by atoms with Crippen LogP contribution in [-0.2, 0) is 4.74 Å². The Kier molecular flexibility index (Phi) is 4.00. The Morgan fingerprint density at radius 3 is 2.55 bits per heavy atom. The van der Waals surface area contributed by atoms with E-state index in [0.717, 1.165) is 0 Å². The third-order valence-electron chi connectivity index (χ3n) is 2.90. The number of phenolic OH excluding ortho intramolecular Hbond substituents is 1. The van der Waals surface area contributed by atoms with Crippen LogP contribution < -0.4 is 4.74 Å². The number of benzene rings is 1. The number of carbonyl (C=O) groups excluding carboxylic acids is 1. The number of aromatic hydroxyl groups is 1. The molecule has 0 radical (unpaired) electrons. The van der Waals surface area contributed by atoms with Crippen LogP contribution in [0.1, 0.15) is 26.3 Å². The number of carbonyl (C=O) groups is 1. The molecule has 1 aromatic carbocycles. The molecule has 0 atom stereocenters. The number of halogens is 2. The van der Waals surface area contributed by atoms with E-state index in [1.165, 1.54) is 22.9 Å². The van der Waals surface area contributed by atoms with Crippen LogP contribution in [0.3, 0.4) is 0 Å². The molecular formula is C15H17F2NO4. The average Bonchev–Trinajstić information content (AvgIpc) is 2.78. The minimum atomic E-state index is -3.05. The first-order valence-corrected chi connectivity index (χ1v) is 6.62. The van der Waals surface area contributed by atoms with Gasteiger partial charge in [0.25, 0.3) is 0 Å². The number of aryl methyl sites for hydroxylation is 1. The highest BCUT2D eigenvalue weighted by Crippen LogP contribution is 2.38. The Bertz CT molecular complexity index is 716. The lowest BCUT2D eigenvalue weighted by Crippen LogP contribution is -2.26. The van der Waals surface area contributed by atoms with Crippen LogP contribution in [0.2, 0.25) is 0 Å². The molecule has 2 aromatic rings. The van der Waals surface area contributed by atoms with Crippen LogP contribution in [0, 0.1) is 6.92 Å². The molecule has 0 unspecified atom stereocenters. The summed E-state index contributed by atoms with van der Waals surface area (Å²) in [6, 6.07) is 2.70. The van der Waals surface area contributed by atoms with E-state index in [1.807, 2.05) is 0 Å². The number of alkyl halides is 2. The zero-order chi connectivity index (χ0) is 16.7. The van der Waals surface area contributed by atoms with Crippen LogP contribution in [0.5, 0.6) is 11.5 Å². The third kappa shape index (κ3) is 3.13. The van der Waals surface area contributed by atoms with Gasteiger partial charge in [-0.15, -0.1) is 0 Å². The van der Waals surface area contributed by atoms with E-state index in [0.29, 0.717) is 11.1 Å². The minimum Gasteiger partial charge on any atom is -0.504 e. The lowest BCUT2D eigenvalue weighted by atomic mass is 10.1. The van der Waals surface area contributed by atoms with Crippen molar-refractivity contribution in [1.82, 2.24) is 4.57 Å². The van der Waals surface area contributed by atoms with E-state index in [9.17, 15) is 18.7 Å². The summed E-state index contributed by atoms with van der Waals surface area (Å²) in [5.74, 6) is -0.773. The molecule has 0 saturated carbocycles. The van der Waals surface area contributed by atoms with Gasteiger partial charge in [-0.2, -0.15) is 8.78 Å². The van der Waals surface area contributed by atoms with Gasteiger partial charge in [-0.1, -0.05) is 0 Å². The van der Waals surface area contributed by atoms with Gasteiger partial charge in [0.15, 0.2) is 11.5 Å². The number of ether oxygens (including phenoxy) is 2. The molecule has 0 fully saturated rings. The maximum Gasteiger partial charge on any atom is 0.419 e. The Morgan fingerprint density at radius 1 is 1.36 bits per heavy atom. The summed E-state index contributed by atoms with van der Waals surface area (Å²) in [4.78, 5) is 12.2. The van der Waals surface area contributed by atoms with E-state index >= 15 is 0 Å². The molecule has 0 aliphatic heterocycles. The van der Waals surface area contributed by atoms with Crippen LogP contribution >= 0.6 is 0 Å². The molecule has 1 aromatic heterocycles. The normalized spacial score (nSPS) is 12.0. The van der Waals surface area contributed by atoms with E-state index in [4.69, 9.17) is 4.74 Å². The van der Waals surface area contributed by atoms with E-state index in [1.54, 1.807) is 27.7 Å². The Hall–Kier alpha value is -2.31. The minimum absolute atomic E-state index is 0.238. The lowest BCUT2D eigenvalue weighted by Gasteiger charge is -2.20. The molecule has 0 saturated heterocycles. The summed E-state index contributed by atoms with van der Waals surface area (Å²) >= 11 is 0. The standard InChI is InChI=1S/C15H17F2NO4/c1-8-7-10(21-13(16)17)12(19)9-5-6-18(11(8)9)14(20)22-15(2,3)4/h5-7,13,19H,1-4H3. The van der Waals surface area contributed by atoms with Gasteiger partial charge in [0.05, 0.1) is 5.52 Å². The quantitative estimate of drug-likeness (QED) is 0.909. The molecule has 1 N–H and O–H groups in total. The maximum absolute atomic E-state index is 12.3. The molecule has 7 heteroatoms. The number of phenols is 1. The topological polar surface area (TPSA) is 60.7 Å². The second kappa shape index (κ2) is 5.47. The first-order valence-electron chi connectivity index (χ1n) is 6.62. The number of fused-ring (bicyclic) bond motifs is 1. The van der Waals surface area contributed by atoms with Gasteiger partial charge in [-0.05, 0) is 45.4 Å². The average molecular weight is 313 g/mol. The number of hydrogen-bond acceptors (Lipinski definition) is 4. The smallest absolute Gasteiger partial charge is 0.419 e. The van der Waals surface area contributed by atoms with Crippen molar-refractivity contribution in [2.24, 2.45) is 0 Å². The zero-order valence-corrected chi connectivity index (χ0v) is 12.7. The van der Waals surface area contributed by atoms with Crippen molar-refractivity contribution in [2.45, 2.75) is 39.9 Å². The Morgan fingerprint density at radius 2 is 2.00 bits per heavy atom. The Balaban J connectivity index is 2.53. The van der Waals surface area contributed by atoms with Crippen molar-refractivity contribution in [3.63, 3.8) is 0 Å². The van der Waals surface area contributed by atoms with E-state index < -0.39 is 24.1 Å². The summed E-state index contributed by atoms with van der Waals surface area (Å²) in [7, 11) is 0. The molecule has 5 nitrogen and oxygen atoms in total. The molecule has 2 rings (SSSR count). The van der Waals surface area contributed by atoms with Crippen molar-refractivity contribution in [3.8, 4) is 11.5 Å². The maximum atomic E-state index is 12.3. The fraction of sp³-hybridized carbons (Fsp3) is 0.400. The van der Waals surface area contributed by atoms with E-state index in [2.05, 4.69) is 4.74 Å². The molecule has 0 spiro atoms. The van der Waals surface area contributed by atoms with Crippen LogP contribution in [0.25, 0.3) is 10.9 Å². The summed E-state index contributed by atoms with van der Waals surface area (Å²) < 4.78 is 35.4. The predicted octanol–water partition coefficient (Wildman–Crippen LogP) is 4.04. The molecule has 22 heavy (non-hydrogen) atoms. The number of hydrogen-bond donors (Lipinski definition) is 1. The first kappa shape index (κ1) is 16.1. The molecule has 1 heterocycles. The summed E-state index contributed by atoms with van der Waals surface area (Å²) in [5, 5.41) is 10.3. The van der Waals surface area contributed by atoms with Gasteiger partial charge in [0.2, 0.25) is 0 Å².